The van der Waals surface area contributed by atoms with Crippen molar-refractivity contribution in [2.75, 3.05) is 16.8 Å². The zero-order valence-electron chi connectivity index (χ0n) is 15.0. The Labute approximate surface area is 165 Å². The molecule has 1 saturated heterocycles. The summed E-state index contributed by atoms with van der Waals surface area (Å²) in [6, 6.07) is 7.14. The van der Waals surface area contributed by atoms with Crippen molar-refractivity contribution in [1.29, 1.82) is 0 Å². The van der Waals surface area contributed by atoms with Crippen molar-refractivity contribution in [1.82, 2.24) is 10.1 Å². The van der Waals surface area contributed by atoms with Crippen LogP contribution in [0.25, 0.3) is 0 Å². The molecule has 1 fully saturated rings. The largest absolute Gasteiger partial charge is 0.361 e. The lowest BCUT2D eigenvalue weighted by Crippen LogP contribution is -2.27. The highest BCUT2D eigenvalue weighted by molar-refractivity contribution is 8.14. The van der Waals surface area contributed by atoms with E-state index in [1.807, 2.05) is 13.8 Å². The van der Waals surface area contributed by atoms with Crippen LogP contribution in [-0.4, -0.2) is 38.6 Å². The second kappa shape index (κ2) is 8.62. The monoisotopic (exact) mass is 405 g/mol. The zero-order valence-corrected chi connectivity index (χ0v) is 16.6. The van der Waals surface area contributed by atoms with Gasteiger partial charge in [0.15, 0.2) is 0 Å². The summed E-state index contributed by atoms with van der Waals surface area (Å²) in [5.41, 5.74) is 3.39. The third kappa shape index (κ3) is 4.92. The molecular weight excluding hydrogens is 386 g/mol. The van der Waals surface area contributed by atoms with E-state index < -0.39 is 0 Å². The first-order valence-corrected chi connectivity index (χ1v) is 10.4. The van der Waals surface area contributed by atoms with Crippen LogP contribution < -0.4 is 5.32 Å². The molecule has 1 aliphatic heterocycles. The zero-order chi connectivity index (χ0) is 19.4. The smallest absolute Gasteiger partial charge is 0.289 e. The van der Waals surface area contributed by atoms with Gasteiger partial charge in [-0.3, -0.25) is 19.3 Å². The quantitative estimate of drug-likeness (QED) is 0.755. The summed E-state index contributed by atoms with van der Waals surface area (Å²) in [5, 5.41) is 6.52. The van der Waals surface area contributed by atoms with Gasteiger partial charge in [-0.1, -0.05) is 29.1 Å². The van der Waals surface area contributed by atoms with Gasteiger partial charge in [-0.2, -0.15) is 0 Å². The van der Waals surface area contributed by atoms with Crippen LogP contribution in [0.4, 0.5) is 10.5 Å². The SMILES string of the molecule is Cc1noc(C)c1CSCC(=O)Nc1ccc(CN2C(=O)CSC2=O)cc1. The number of benzene rings is 1. The first kappa shape index (κ1) is 19.5. The minimum absolute atomic E-state index is 0.0965. The number of anilines is 1. The second-order valence-corrected chi connectivity index (χ2v) is 7.99. The number of rotatable bonds is 7. The van der Waals surface area contributed by atoms with Crippen LogP contribution >= 0.6 is 23.5 Å². The van der Waals surface area contributed by atoms with E-state index in [9.17, 15) is 14.4 Å². The molecule has 1 aromatic heterocycles. The standard InChI is InChI=1S/C18H19N3O4S2/c1-11-15(12(2)25-20-11)8-26-9-16(22)19-14-5-3-13(4-6-14)7-21-17(23)10-27-18(21)24/h3-6H,7-10H2,1-2H3,(H,19,22). The number of carbonyl (C=O) groups excluding carboxylic acids is 3. The third-order valence-corrected chi connectivity index (χ3v) is 5.90. The highest BCUT2D eigenvalue weighted by Crippen LogP contribution is 2.22. The third-order valence-electron chi connectivity index (χ3n) is 4.08. The molecular formula is C18H19N3O4S2. The van der Waals surface area contributed by atoms with Gasteiger partial charge < -0.3 is 9.84 Å². The van der Waals surface area contributed by atoms with Gasteiger partial charge in [0.25, 0.3) is 5.24 Å². The van der Waals surface area contributed by atoms with E-state index in [2.05, 4.69) is 10.5 Å². The van der Waals surface area contributed by atoms with Crippen LogP contribution in [-0.2, 0) is 21.9 Å². The van der Waals surface area contributed by atoms with E-state index in [0.29, 0.717) is 17.2 Å². The fourth-order valence-corrected chi connectivity index (χ4v) is 4.26. The number of carbonyl (C=O) groups is 3. The van der Waals surface area contributed by atoms with Crippen LogP contribution in [0.5, 0.6) is 0 Å². The van der Waals surface area contributed by atoms with E-state index in [1.165, 1.54) is 16.7 Å². The topological polar surface area (TPSA) is 92.5 Å². The molecule has 9 heteroatoms. The first-order chi connectivity index (χ1) is 12.9. The minimum Gasteiger partial charge on any atom is -0.361 e. The molecule has 1 N–H and O–H groups in total. The summed E-state index contributed by atoms with van der Waals surface area (Å²) in [7, 11) is 0. The van der Waals surface area contributed by atoms with Gasteiger partial charge in [-0.05, 0) is 31.5 Å². The van der Waals surface area contributed by atoms with E-state index >= 15 is 0 Å². The summed E-state index contributed by atoms with van der Waals surface area (Å²) in [4.78, 5) is 36.6. The summed E-state index contributed by atoms with van der Waals surface area (Å²) in [5.74, 6) is 1.71. The molecule has 2 aromatic rings. The lowest BCUT2D eigenvalue weighted by Gasteiger charge is -2.13. The average Bonchev–Trinajstić information content (AvgIpc) is 3.13. The van der Waals surface area contributed by atoms with Gasteiger partial charge >= 0.3 is 0 Å². The normalized spacial score (nSPS) is 14.1. The van der Waals surface area contributed by atoms with Crippen molar-refractivity contribution in [2.24, 2.45) is 0 Å². The maximum absolute atomic E-state index is 12.1. The van der Waals surface area contributed by atoms with Gasteiger partial charge in [0.2, 0.25) is 11.8 Å². The number of thioether (sulfide) groups is 2. The van der Waals surface area contributed by atoms with Gasteiger partial charge in [0.1, 0.15) is 5.76 Å². The van der Waals surface area contributed by atoms with Crippen molar-refractivity contribution in [3.8, 4) is 0 Å². The Morgan fingerprint density at radius 2 is 2.04 bits per heavy atom. The number of aryl methyl sites for hydroxylation is 2. The molecule has 1 aliphatic rings. The van der Waals surface area contributed by atoms with Gasteiger partial charge in [0, 0.05) is 17.0 Å². The number of aromatic nitrogens is 1. The Bertz CT molecular complexity index is 828. The fourth-order valence-electron chi connectivity index (χ4n) is 2.56. The lowest BCUT2D eigenvalue weighted by molar-refractivity contribution is -0.125. The molecule has 3 rings (SSSR count). The molecule has 0 aliphatic carbocycles. The first-order valence-electron chi connectivity index (χ1n) is 8.29. The Kier molecular flexibility index (Phi) is 6.22. The van der Waals surface area contributed by atoms with E-state index in [1.54, 1.807) is 24.3 Å². The second-order valence-electron chi connectivity index (χ2n) is 6.08. The molecule has 2 heterocycles. The molecule has 7 nitrogen and oxygen atoms in total. The number of hydrogen-bond acceptors (Lipinski definition) is 7. The van der Waals surface area contributed by atoms with Crippen molar-refractivity contribution in [2.45, 2.75) is 26.1 Å². The minimum atomic E-state index is -0.215. The molecule has 0 bridgehead atoms. The predicted molar refractivity (Wildman–Crippen MR) is 106 cm³/mol. The number of amides is 3. The summed E-state index contributed by atoms with van der Waals surface area (Å²) < 4.78 is 5.11. The number of hydrogen-bond donors (Lipinski definition) is 1. The summed E-state index contributed by atoms with van der Waals surface area (Å²) in [6.07, 6.45) is 0. The van der Waals surface area contributed by atoms with E-state index in [4.69, 9.17) is 4.52 Å². The van der Waals surface area contributed by atoms with E-state index in [0.717, 1.165) is 34.3 Å². The molecule has 3 amide bonds. The average molecular weight is 406 g/mol. The van der Waals surface area contributed by atoms with Gasteiger partial charge in [-0.25, -0.2) is 0 Å². The molecule has 142 valence electrons. The summed E-state index contributed by atoms with van der Waals surface area (Å²) >= 11 is 2.52. The maximum atomic E-state index is 12.1. The Balaban J connectivity index is 1.47. The van der Waals surface area contributed by atoms with Gasteiger partial charge in [-0.15, -0.1) is 11.8 Å². The molecule has 1 aromatic carbocycles. The highest BCUT2D eigenvalue weighted by Gasteiger charge is 2.29. The van der Waals surface area contributed by atoms with Crippen molar-refractivity contribution in [3.05, 3.63) is 46.8 Å². The van der Waals surface area contributed by atoms with Crippen LogP contribution in [0.1, 0.15) is 22.6 Å². The predicted octanol–water partition coefficient (Wildman–Crippen LogP) is 3.36. The van der Waals surface area contributed by atoms with Crippen LogP contribution in [0, 0.1) is 13.8 Å². The molecule has 0 unspecified atom stereocenters. The van der Waals surface area contributed by atoms with Gasteiger partial charge in [0.05, 0.1) is 23.7 Å². The van der Waals surface area contributed by atoms with Crippen molar-refractivity contribution < 1.29 is 18.9 Å². The number of nitrogens with zero attached hydrogens (tertiary/aromatic N) is 2. The Morgan fingerprint density at radius 1 is 1.30 bits per heavy atom. The summed E-state index contributed by atoms with van der Waals surface area (Å²) in [6.45, 7) is 4.00. The van der Waals surface area contributed by atoms with Crippen LogP contribution in [0.15, 0.2) is 28.8 Å². The van der Waals surface area contributed by atoms with Crippen molar-refractivity contribution in [3.63, 3.8) is 0 Å². The van der Waals surface area contributed by atoms with Crippen LogP contribution in [0.3, 0.4) is 0 Å². The van der Waals surface area contributed by atoms with Crippen molar-refractivity contribution >= 4 is 46.3 Å². The highest BCUT2D eigenvalue weighted by atomic mass is 32.2. The number of nitrogens with one attached hydrogen (secondary N) is 1. The number of imide groups is 1. The van der Waals surface area contributed by atoms with Crippen LogP contribution in [0.2, 0.25) is 0 Å². The Morgan fingerprint density at radius 3 is 2.63 bits per heavy atom. The molecule has 0 spiro atoms. The fraction of sp³-hybridized carbons (Fsp3) is 0.333. The lowest BCUT2D eigenvalue weighted by atomic mass is 10.2. The molecule has 0 radical (unpaired) electrons. The maximum Gasteiger partial charge on any atom is 0.289 e. The Hall–Kier alpha value is -2.26. The molecule has 27 heavy (non-hydrogen) atoms. The van der Waals surface area contributed by atoms with E-state index in [-0.39, 0.29) is 29.4 Å². The molecule has 0 atom stereocenters. The molecule has 0 saturated carbocycles.